The lowest BCUT2D eigenvalue weighted by Crippen LogP contribution is -2.23. The fourth-order valence-electron chi connectivity index (χ4n) is 1.66. The molecule has 1 aromatic carbocycles. The number of sulfone groups is 2. The topological polar surface area (TPSA) is 94.6 Å². The van der Waals surface area contributed by atoms with Crippen LogP contribution in [0.2, 0.25) is 0 Å². The van der Waals surface area contributed by atoms with Gasteiger partial charge in [-0.2, -0.15) is 0 Å². The van der Waals surface area contributed by atoms with Crippen molar-refractivity contribution in [1.29, 1.82) is 0 Å². The lowest BCUT2D eigenvalue weighted by Gasteiger charge is -2.09. The number of carbonyl (C=O) groups is 1. The normalized spacial score (nSPS) is 12.1. The van der Waals surface area contributed by atoms with Crippen molar-refractivity contribution in [2.45, 2.75) is 6.92 Å². The minimum atomic E-state index is -3.78. The number of Topliss-reactive ketones (excluding diaryl/α,β-unsaturated/α-hetero) is 1. The zero-order valence-corrected chi connectivity index (χ0v) is 13.8. The minimum absolute atomic E-state index is 0.172. The molecule has 0 saturated heterocycles. The second-order valence-electron chi connectivity index (χ2n) is 4.85. The van der Waals surface area contributed by atoms with E-state index in [1.165, 1.54) is 13.2 Å². The van der Waals surface area contributed by atoms with Crippen LogP contribution >= 0.6 is 0 Å². The van der Waals surface area contributed by atoms with Crippen LogP contribution in [0.1, 0.15) is 15.9 Å². The second kappa shape index (κ2) is 6.57. The number of hydrogen-bond donors (Lipinski definition) is 0. The molecule has 6 nitrogen and oxygen atoms in total. The fraction of sp³-hybridized carbons (Fsp3) is 0.462. The van der Waals surface area contributed by atoms with E-state index in [0.29, 0.717) is 5.75 Å². The average molecular weight is 334 g/mol. The predicted octanol–water partition coefficient (Wildman–Crippen LogP) is 0.646. The van der Waals surface area contributed by atoms with E-state index in [4.69, 9.17) is 4.74 Å². The van der Waals surface area contributed by atoms with Gasteiger partial charge in [0.05, 0.1) is 24.2 Å². The van der Waals surface area contributed by atoms with Crippen molar-refractivity contribution < 1.29 is 26.4 Å². The standard InChI is InChI=1S/C13H18O6S2/c1-10-4-5-11(13(8-10)19-2)12(14)9-21(17,18)7-6-20(3,15)16/h4-5,8H,6-7,9H2,1-3H3. The third kappa shape index (κ3) is 5.84. The number of methoxy groups -OCH3 is 1. The molecule has 118 valence electrons. The van der Waals surface area contributed by atoms with Crippen LogP contribution in [-0.4, -0.2) is 53.2 Å². The molecule has 21 heavy (non-hydrogen) atoms. The number of aryl methyl sites for hydroxylation is 1. The Kier molecular flexibility index (Phi) is 5.52. The lowest BCUT2D eigenvalue weighted by molar-refractivity contribution is 0.101. The molecular formula is C13H18O6S2. The van der Waals surface area contributed by atoms with Gasteiger partial charge in [-0.05, 0) is 24.6 Å². The second-order valence-corrected chi connectivity index (χ2v) is 9.29. The zero-order valence-electron chi connectivity index (χ0n) is 12.1. The number of benzene rings is 1. The number of rotatable bonds is 7. The highest BCUT2D eigenvalue weighted by Gasteiger charge is 2.22. The van der Waals surface area contributed by atoms with E-state index < -0.39 is 42.7 Å². The van der Waals surface area contributed by atoms with Crippen molar-refractivity contribution in [2.75, 3.05) is 30.6 Å². The smallest absolute Gasteiger partial charge is 0.181 e. The molecule has 0 fully saturated rings. The quantitative estimate of drug-likeness (QED) is 0.679. The molecule has 8 heteroatoms. The van der Waals surface area contributed by atoms with Crippen molar-refractivity contribution in [3.05, 3.63) is 29.3 Å². The molecule has 0 bridgehead atoms. The Balaban J connectivity index is 2.91. The van der Waals surface area contributed by atoms with Crippen LogP contribution in [0.5, 0.6) is 5.75 Å². The third-order valence-electron chi connectivity index (χ3n) is 2.77. The van der Waals surface area contributed by atoms with Gasteiger partial charge in [0.15, 0.2) is 15.6 Å². The molecule has 0 unspecified atom stereocenters. The first-order valence-corrected chi connectivity index (χ1v) is 9.98. The largest absolute Gasteiger partial charge is 0.496 e. The van der Waals surface area contributed by atoms with Crippen LogP contribution in [0.15, 0.2) is 18.2 Å². The van der Waals surface area contributed by atoms with Crippen molar-refractivity contribution in [3.63, 3.8) is 0 Å². The Morgan fingerprint density at radius 1 is 1.14 bits per heavy atom. The molecule has 0 aliphatic rings. The van der Waals surface area contributed by atoms with Crippen LogP contribution in [0.4, 0.5) is 0 Å². The van der Waals surface area contributed by atoms with Gasteiger partial charge in [-0.25, -0.2) is 16.8 Å². The van der Waals surface area contributed by atoms with Gasteiger partial charge < -0.3 is 4.74 Å². The first-order chi connectivity index (χ1) is 9.54. The molecule has 0 aliphatic heterocycles. The Labute approximate surface area is 125 Å². The summed E-state index contributed by atoms with van der Waals surface area (Å²) in [6.45, 7) is 1.82. The SMILES string of the molecule is COc1cc(C)ccc1C(=O)CS(=O)(=O)CCS(C)(=O)=O. The molecule has 0 amide bonds. The van der Waals surface area contributed by atoms with Crippen LogP contribution in [-0.2, 0) is 19.7 Å². The van der Waals surface area contributed by atoms with E-state index in [1.807, 2.05) is 6.92 Å². The maximum absolute atomic E-state index is 12.1. The number of ketones is 1. The summed E-state index contributed by atoms with van der Waals surface area (Å²) in [6, 6.07) is 4.82. The third-order valence-corrected chi connectivity index (χ3v) is 5.51. The number of hydrogen-bond acceptors (Lipinski definition) is 6. The summed E-state index contributed by atoms with van der Waals surface area (Å²) in [5.41, 5.74) is 1.05. The molecular weight excluding hydrogens is 316 g/mol. The maximum Gasteiger partial charge on any atom is 0.181 e. The van der Waals surface area contributed by atoms with Crippen LogP contribution in [0.3, 0.4) is 0 Å². The van der Waals surface area contributed by atoms with Crippen molar-refractivity contribution in [1.82, 2.24) is 0 Å². The molecule has 0 radical (unpaired) electrons. The Hall–Kier alpha value is -1.41. The molecule has 0 N–H and O–H groups in total. The van der Waals surface area contributed by atoms with E-state index in [1.54, 1.807) is 12.1 Å². The van der Waals surface area contributed by atoms with Crippen LogP contribution in [0.25, 0.3) is 0 Å². The highest BCUT2D eigenvalue weighted by molar-refractivity contribution is 7.95. The van der Waals surface area contributed by atoms with Gasteiger partial charge in [0.1, 0.15) is 21.3 Å². The van der Waals surface area contributed by atoms with Crippen molar-refractivity contribution in [3.8, 4) is 5.75 Å². The monoisotopic (exact) mass is 334 g/mol. The van der Waals surface area contributed by atoms with Gasteiger partial charge in [0, 0.05) is 6.26 Å². The average Bonchev–Trinajstić information content (AvgIpc) is 2.35. The van der Waals surface area contributed by atoms with Gasteiger partial charge in [-0.3, -0.25) is 4.79 Å². The highest BCUT2D eigenvalue weighted by atomic mass is 32.2. The Morgan fingerprint density at radius 2 is 1.76 bits per heavy atom. The van der Waals surface area contributed by atoms with Crippen LogP contribution < -0.4 is 4.74 Å². The molecule has 1 aromatic rings. The van der Waals surface area contributed by atoms with Crippen molar-refractivity contribution in [2.24, 2.45) is 0 Å². The van der Waals surface area contributed by atoms with E-state index in [0.717, 1.165) is 11.8 Å². The van der Waals surface area contributed by atoms with Crippen LogP contribution in [0, 0.1) is 6.92 Å². The summed E-state index contributed by atoms with van der Waals surface area (Å²) in [5.74, 6) is -2.10. The van der Waals surface area contributed by atoms with Crippen molar-refractivity contribution >= 4 is 25.5 Å². The summed E-state index contributed by atoms with van der Waals surface area (Å²) in [5, 5.41) is 0. The number of ether oxygens (including phenoxy) is 1. The molecule has 0 atom stereocenters. The molecule has 0 aromatic heterocycles. The molecule has 0 saturated carbocycles. The van der Waals surface area contributed by atoms with Gasteiger partial charge in [-0.15, -0.1) is 0 Å². The summed E-state index contributed by atoms with van der Waals surface area (Å²) in [6.07, 6.45) is 0.952. The van der Waals surface area contributed by atoms with Gasteiger partial charge in [0.25, 0.3) is 0 Å². The summed E-state index contributed by atoms with van der Waals surface area (Å²) in [7, 11) is -5.78. The van der Waals surface area contributed by atoms with E-state index in [-0.39, 0.29) is 5.56 Å². The molecule has 0 spiro atoms. The van der Waals surface area contributed by atoms with E-state index >= 15 is 0 Å². The molecule has 0 heterocycles. The first kappa shape index (κ1) is 17.6. The van der Waals surface area contributed by atoms with Gasteiger partial charge >= 0.3 is 0 Å². The van der Waals surface area contributed by atoms with Gasteiger partial charge in [-0.1, -0.05) is 6.07 Å². The minimum Gasteiger partial charge on any atom is -0.496 e. The van der Waals surface area contributed by atoms with E-state index in [2.05, 4.69) is 0 Å². The lowest BCUT2D eigenvalue weighted by atomic mass is 10.1. The molecule has 0 aliphatic carbocycles. The summed E-state index contributed by atoms with van der Waals surface area (Å²) >= 11 is 0. The summed E-state index contributed by atoms with van der Waals surface area (Å²) in [4.78, 5) is 12.1. The Bertz CT molecular complexity index is 732. The first-order valence-electron chi connectivity index (χ1n) is 6.10. The zero-order chi connectivity index (χ0) is 16.3. The summed E-state index contributed by atoms with van der Waals surface area (Å²) < 4.78 is 50.7. The maximum atomic E-state index is 12.1. The van der Waals surface area contributed by atoms with E-state index in [9.17, 15) is 21.6 Å². The fourth-order valence-corrected chi connectivity index (χ4v) is 4.58. The Morgan fingerprint density at radius 3 is 2.29 bits per heavy atom. The molecule has 1 rings (SSSR count). The predicted molar refractivity (Wildman–Crippen MR) is 80.4 cm³/mol. The van der Waals surface area contributed by atoms with Gasteiger partial charge in [0.2, 0.25) is 0 Å². The number of carbonyl (C=O) groups excluding carboxylic acids is 1. The highest BCUT2D eigenvalue weighted by Crippen LogP contribution is 2.21.